The first-order valence-electron chi connectivity index (χ1n) is 7.40. The number of pyridine rings is 1. The van der Waals surface area contributed by atoms with Crippen LogP contribution in [0.25, 0.3) is 0 Å². The number of carbonyl (C=O) groups is 1. The summed E-state index contributed by atoms with van der Waals surface area (Å²) in [5, 5.41) is -0.0337. The lowest BCUT2D eigenvalue weighted by molar-refractivity contribution is 0.0588. The lowest BCUT2D eigenvalue weighted by atomic mass is 9.94. The van der Waals surface area contributed by atoms with Crippen LogP contribution in [0.1, 0.15) is 23.2 Å². The summed E-state index contributed by atoms with van der Waals surface area (Å²) in [6, 6.07) is 1.21. The Hall–Kier alpha value is -1.38. The van der Waals surface area contributed by atoms with Crippen molar-refractivity contribution in [3.8, 4) is 0 Å². The second kappa shape index (κ2) is 5.92. The van der Waals surface area contributed by atoms with E-state index < -0.39 is 15.6 Å². The molecule has 23 heavy (non-hydrogen) atoms. The van der Waals surface area contributed by atoms with Crippen LogP contribution in [0.3, 0.4) is 0 Å². The lowest BCUT2D eigenvalue weighted by Crippen LogP contribution is -2.47. The Morgan fingerprint density at radius 2 is 2.04 bits per heavy atom. The van der Waals surface area contributed by atoms with Crippen LogP contribution >= 0.6 is 11.6 Å². The number of halogens is 1. The largest absolute Gasteiger partial charge is 0.334 e. The molecule has 0 unspecified atom stereocenters. The molecule has 1 aromatic heterocycles. The molecular weight excluding hydrogens is 342 g/mol. The van der Waals surface area contributed by atoms with Gasteiger partial charge in [0.1, 0.15) is 5.02 Å². The van der Waals surface area contributed by atoms with Gasteiger partial charge in [0.2, 0.25) is 10.0 Å². The molecule has 1 aromatic rings. The van der Waals surface area contributed by atoms with Crippen LogP contribution < -0.4 is 5.56 Å². The highest BCUT2D eigenvalue weighted by Crippen LogP contribution is 2.30. The summed E-state index contributed by atoms with van der Waals surface area (Å²) in [6.07, 6.45) is 4.24. The molecule has 9 heteroatoms. The van der Waals surface area contributed by atoms with Gasteiger partial charge in [-0.2, -0.15) is 4.31 Å². The van der Waals surface area contributed by atoms with E-state index in [4.69, 9.17) is 11.6 Å². The monoisotopic (exact) mass is 359 g/mol. The van der Waals surface area contributed by atoms with Crippen LogP contribution in [-0.4, -0.2) is 60.4 Å². The summed E-state index contributed by atoms with van der Waals surface area (Å²) in [4.78, 5) is 28.2. The average Bonchev–Trinajstić information content (AvgIpc) is 2.81. The van der Waals surface area contributed by atoms with E-state index in [2.05, 4.69) is 4.98 Å². The first-order chi connectivity index (χ1) is 10.8. The number of fused-ring (bicyclic) bond motifs is 4. The van der Waals surface area contributed by atoms with Crippen LogP contribution in [-0.2, 0) is 10.0 Å². The van der Waals surface area contributed by atoms with Crippen molar-refractivity contribution < 1.29 is 13.2 Å². The molecule has 1 amide bonds. The van der Waals surface area contributed by atoms with Crippen molar-refractivity contribution in [1.82, 2.24) is 14.2 Å². The smallest absolute Gasteiger partial charge is 0.266 e. The van der Waals surface area contributed by atoms with E-state index in [-0.39, 0.29) is 22.9 Å². The number of amides is 1. The van der Waals surface area contributed by atoms with E-state index in [1.54, 1.807) is 4.90 Å². The molecule has 3 fully saturated rings. The number of carbonyl (C=O) groups excluding carboxylic acids is 1. The number of nitrogens with one attached hydrogen (secondary N) is 1. The zero-order chi connectivity index (χ0) is 16.8. The SMILES string of the molecule is CS(=O)(=O)N1C[C@@H]2CC[C@H](C1)N(C(=O)c1c[nH]c(=O)c(Cl)c1)C2. The summed E-state index contributed by atoms with van der Waals surface area (Å²) < 4.78 is 25.2. The molecule has 126 valence electrons. The maximum atomic E-state index is 12.7. The number of aromatic amines is 1. The first-order valence-corrected chi connectivity index (χ1v) is 9.62. The maximum Gasteiger partial charge on any atom is 0.266 e. The number of aromatic nitrogens is 1. The van der Waals surface area contributed by atoms with Gasteiger partial charge in [-0.25, -0.2) is 8.42 Å². The molecule has 0 saturated carbocycles. The van der Waals surface area contributed by atoms with Gasteiger partial charge in [-0.1, -0.05) is 11.6 Å². The summed E-state index contributed by atoms with van der Waals surface area (Å²) >= 11 is 5.79. The molecule has 7 nitrogen and oxygen atoms in total. The molecule has 0 radical (unpaired) electrons. The first kappa shape index (κ1) is 16.5. The second-order valence-corrected chi connectivity index (χ2v) is 8.59. The van der Waals surface area contributed by atoms with E-state index in [0.29, 0.717) is 25.2 Å². The molecule has 3 aliphatic rings. The summed E-state index contributed by atoms with van der Waals surface area (Å²) in [7, 11) is -3.27. The molecule has 0 aliphatic carbocycles. The minimum atomic E-state index is -3.27. The highest BCUT2D eigenvalue weighted by atomic mass is 35.5. The molecule has 3 saturated heterocycles. The minimum absolute atomic E-state index is 0.0337. The Labute approximate surface area is 139 Å². The fourth-order valence-electron chi connectivity index (χ4n) is 3.30. The van der Waals surface area contributed by atoms with Gasteiger partial charge in [0.05, 0.1) is 11.8 Å². The Balaban J connectivity index is 1.87. The Kier molecular flexibility index (Phi) is 4.24. The van der Waals surface area contributed by atoms with Crippen LogP contribution in [0, 0.1) is 5.92 Å². The van der Waals surface area contributed by atoms with Crippen LogP contribution in [0.2, 0.25) is 5.02 Å². The molecule has 4 rings (SSSR count). The predicted octanol–water partition coefficient (Wildman–Crippen LogP) is 0.524. The minimum Gasteiger partial charge on any atom is -0.334 e. The van der Waals surface area contributed by atoms with Gasteiger partial charge in [-0.15, -0.1) is 0 Å². The summed E-state index contributed by atoms with van der Waals surface area (Å²) in [6.45, 7) is 1.29. The van der Waals surface area contributed by atoms with E-state index >= 15 is 0 Å². The number of sulfonamides is 1. The predicted molar refractivity (Wildman–Crippen MR) is 86.0 cm³/mol. The molecule has 1 N–H and O–H groups in total. The molecule has 3 aliphatic heterocycles. The van der Waals surface area contributed by atoms with Gasteiger partial charge in [-0.3, -0.25) is 9.59 Å². The van der Waals surface area contributed by atoms with E-state index in [0.717, 1.165) is 12.8 Å². The van der Waals surface area contributed by atoms with Crippen LogP contribution in [0.4, 0.5) is 0 Å². The van der Waals surface area contributed by atoms with E-state index in [9.17, 15) is 18.0 Å². The molecule has 0 aromatic carbocycles. The zero-order valence-corrected chi connectivity index (χ0v) is 14.2. The molecule has 0 spiro atoms. The highest BCUT2D eigenvalue weighted by Gasteiger charge is 2.39. The van der Waals surface area contributed by atoms with Gasteiger partial charge in [0.25, 0.3) is 11.5 Å². The van der Waals surface area contributed by atoms with E-state index in [1.165, 1.54) is 22.8 Å². The fraction of sp³-hybridized carbons (Fsp3) is 0.571. The quantitative estimate of drug-likeness (QED) is 0.833. The van der Waals surface area contributed by atoms with Crippen molar-refractivity contribution in [2.75, 3.05) is 25.9 Å². The lowest BCUT2D eigenvalue weighted by Gasteiger charge is -2.36. The second-order valence-electron chi connectivity index (χ2n) is 6.20. The van der Waals surface area contributed by atoms with Crippen molar-refractivity contribution in [3.63, 3.8) is 0 Å². The third-order valence-electron chi connectivity index (χ3n) is 4.51. The van der Waals surface area contributed by atoms with Gasteiger partial charge >= 0.3 is 0 Å². The average molecular weight is 360 g/mol. The number of piperidine rings is 1. The van der Waals surface area contributed by atoms with Crippen molar-refractivity contribution in [2.45, 2.75) is 18.9 Å². The molecule has 2 bridgehead atoms. The zero-order valence-electron chi connectivity index (χ0n) is 12.7. The summed E-state index contributed by atoms with van der Waals surface area (Å²) in [5.74, 6) is -0.0983. The number of hydrogen-bond donors (Lipinski definition) is 1. The highest BCUT2D eigenvalue weighted by molar-refractivity contribution is 7.88. The normalized spacial score (nSPS) is 25.4. The van der Waals surface area contributed by atoms with Crippen molar-refractivity contribution in [1.29, 1.82) is 0 Å². The van der Waals surface area contributed by atoms with Gasteiger partial charge in [0.15, 0.2) is 0 Å². The number of nitrogens with zero attached hydrogens (tertiary/aromatic N) is 2. The van der Waals surface area contributed by atoms with Crippen molar-refractivity contribution in [2.24, 2.45) is 5.92 Å². The third kappa shape index (κ3) is 3.29. The van der Waals surface area contributed by atoms with Crippen LogP contribution in [0.5, 0.6) is 0 Å². The molecule has 2 atom stereocenters. The van der Waals surface area contributed by atoms with Crippen molar-refractivity contribution >= 4 is 27.5 Å². The summed E-state index contributed by atoms with van der Waals surface area (Å²) in [5.41, 5.74) is -0.128. The van der Waals surface area contributed by atoms with Gasteiger partial charge in [0, 0.05) is 31.9 Å². The molecular formula is C14H18ClN3O4S. The number of rotatable bonds is 2. The van der Waals surface area contributed by atoms with Crippen LogP contribution in [0.15, 0.2) is 17.1 Å². The Morgan fingerprint density at radius 3 is 2.70 bits per heavy atom. The van der Waals surface area contributed by atoms with Gasteiger partial charge < -0.3 is 9.88 Å². The topological polar surface area (TPSA) is 90.6 Å². The number of H-pyrrole nitrogens is 1. The standard InChI is InChI=1S/C14H18ClN3O4S/c1-23(21,22)17-6-9-2-3-11(8-17)18(7-9)14(20)10-4-12(15)13(19)16-5-10/h4-5,9,11H,2-3,6-8H2,1H3,(H,16,19)/t9-,11+/m0/s1. The van der Waals surface area contributed by atoms with Crippen molar-refractivity contribution in [3.05, 3.63) is 33.2 Å². The molecule has 4 heterocycles. The van der Waals surface area contributed by atoms with Gasteiger partial charge in [-0.05, 0) is 24.8 Å². The number of hydrogen-bond acceptors (Lipinski definition) is 4. The third-order valence-corrected chi connectivity index (χ3v) is 6.03. The fourth-order valence-corrected chi connectivity index (χ4v) is 4.40. The van der Waals surface area contributed by atoms with E-state index in [1.807, 2.05) is 0 Å². The Bertz CT molecular complexity index is 791. The Morgan fingerprint density at radius 1 is 1.30 bits per heavy atom. The maximum absolute atomic E-state index is 12.7.